The highest BCUT2D eigenvalue weighted by molar-refractivity contribution is 6.10. The van der Waals surface area contributed by atoms with Crippen LogP contribution in [0.25, 0.3) is 44.2 Å². The first-order chi connectivity index (χ1) is 17.4. The molecule has 2 N–H and O–H groups in total. The zero-order valence-corrected chi connectivity index (χ0v) is 20.0. The number of hydrogen-bond donors (Lipinski definition) is 2. The van der Waals surface area contributed by atoms with Crippen molar-refractivity contribution in [1.82, 2.24) is 20.2 Å². The second-order valence-electron chi connectivity index (χ2n) is 9.89. The van der Waals surface area contributed by atoms with E-state index < -0.39 is 5.41 Å². The number of benzene rings is 2. The van der Waals surface area contributed by atoms with Gasteiger partial charge in [0.05, 0.1) is 46.3 Å². The summed E-state index contributed by atoms with van der Waals surface area (Å²) >= 11 is 0. The molecule has 0 aliphatic heterocycles. The third-order valence-electron chi connectivity index (χ3n) is 6.84. The molecule has 0 unspecified atom stereocenters. The van der Waals surface area contributed by atoms with Gasteiger partial charge in [-0.3, -0.25) is 14.9 Å². The number of nitrogens with zero attached hydrogens (tertiary/aromatic N) is 4. The van der Waals surface area contributed by atoms with Gasteiger partial charge in [-0.05, 0) is 56.0 Å². The lowest BCUT2D eigenvalue weighted by Crippen LogP contribution is -2.13. The zero-order valence-electron chi connectivity index (χ0n) is 20.0. The van der Waals surface area contributed by atoms with E-state index in [0.717, 1.165) is 62.6 Å². The van der Waals surface area contributed by atoms with Crippen molar-refractivity contribution in [3.05, 3.63) is 72.7 Å². The molecule has 36 heavy (non-hydrogen) atoms. The Hall–Kier alpha value is -4.57. The zero-order chi connectivity index (χ0) is 24.9. The average molecular weight is 473 g/mol. The first-order valence-corrected chi connectivity index (χ1v) is 12.0. The van der Waals surface area contributed by atoms with Crippen LogP contribution in [0.3, 0.4) is 0 Å². The van der Waals surface area contributed by atoms with Gasteiger partial charge in [-0.25, -0.2) is 4.98 Å². The number of carbonyl (C=O) groups excluding carboxylic acids is 1. The minimum Gasteiger partial charge on any atom is -0.324 e. The molecule has 0 radical (unpaired) electrons. The van der Waals surface area contributed by atoms with Gasteiger partial charge in [0.1, 0.15) is 0 Å². The van der Waals surface area contributed by atoms with Crippen LogP contribution in [-0.4, -0.2) is 26.1 Å². The minimum atomic E-state index is -0.554. The number of aromatic amines is 1. The van der Waals surface area contributed by atoms with E-state index in [9.17, 15) is 10.1 Å². The standard InChI is InChI=1S/C29H24N6O/c1-29(2,16-30)21-8-5-17(6-9-21)26-27-24(15-32-35-27)23-12-19(7-10-25(23)34-26)20-11-22(14-31-13-20)33-28(36)18-3-4-18/h5-15,18H,3-4H2,1-2H3,(H,32,35)(H,33,36). The third kappa shape index (κ3) is 3.87. The Kier molecular flexibility index (Phi) is 5.04. The van der Waals surface area contributed by atoms with Crippen LogP contribution in [0.5, 0.6) is 0 Å². The number of amides is 1. The molecule has 1 aliphatic carbocycles. The molecule has 7 heteroatoms. The van der Waals surface area contributed by atoms with Crippen molar-refractivity contribution < 1.29 is 4.79 Å². The molecule has 3 heterocycles. The van der Waals surface area contributed by atoms with E-state index in [1.165, 1.54) is 0 Å². The third-order valence-corrected chi connectivity index (χ3v) is 6.84. The van der Waals surface area contributed by atoms with Gasteiger partial charge >= 0.3 is 0 Å². The van der Waals surface area contributed by atoms with Gasteiger partial charge in [-0.1, -0.05) is 30.3 Å². The molecule has 0 bridgehead atoms. The normalized spacial score (nSPS) is 13.6. The highest BCUT2D eigenvalue weighted by Crippen LogP contribution is 2.35. The molecule has 1 saturated carbocycles. The molecular formula is C29H24N6O. The fourth-order valence-electron chi connectivity index (χ4n) is 4.45. The van der Waals surface area contributed by atoms with Crippen molar-refractivity contribution in [2.24, 2.45) is 5.92 Å². The number of carbonyl (C=O) groups is 1. The Morgan fingerprint density at radius 3 is 2.53 bits per heavy atom. The van der Waals surface area contributed by atoms with E-state index in [0.29, 0.717) is 5.69 Å². The predicted octanol–water partition coefficient (Wildman–Crippen LogP) is 5.99. The Labute approximate surface area is 208 Å². The number of rotatable bonds is 5. The quantitative estimate of drug-likeness (QED) is 0.327. The summed E-state index contributed by atoms with van der Waals surface area (Å²) in [6.07, 6.45) is 7.22. The lowest BCUT2D eigenvalue weighted by molar-refractivity contribution is -0.117. The van der Waals surface area contributed by atoms with Gasteiger partial charge in [-0.15, -0.1) is 0 Å². The number of anilines is 1. The maximum absolute atomic E-state index is 12.2. The second kappa shape index (κ2) is 8.28. The maximum Gasteiger partial charge on any atom is 0.227 e. The van der Waals surface area contributed by atoms with Gasteiger partial charge in [0, 0.05) is 34.0 Å². The van der Waals surface area contributed by atoms with Crippen molar-refractivity contribution in [2.75, 3.05) is 5.32 Å². The van der Waals surface area contributed by atoms with Gasteiger partial charge < -0.3 is 5.32 Å². The van der Waals surface area contributed by atoms with Crippen LogP contribution in [0.4, 0.5) is 5.69 Å². The molecule has 176 valence electrons. The molecule has 0 spiro atoms. The SMILES string of the molecule is CC(C)(C#N)c1ccc(-c2nc3ccc(-c4cncc(NC(=O)C5CC5)c4)cc3c3cn[nH]c23)cc1. The topological polar surface area (TPSA) is 107 Å². The molecule has 0 atom stereocenters. The second-order valence-corrected chi connectivity index (χ2v) is 9.89. The molecular weight excluding hydrogens is 448 g/mol. The van der Waals surface area contributed by atoms with E-state index in [2.05, 4.69) is 32.6 Å². The van der Waals surface area contributed by atoms with E-state index in [4.69, 9.17) is 4.98 Å². The van der Waals surface area contributed by atoms with Crippen LogP contribution >= 0.6 is 0 Å². The Bertz CT molecular complexity index is 1670. The largest absolute Gasteiger partial charge is 0.324 e. The highest BCUT2D eigenvalue weighted by atomic mass is 16.2. The molecule has 1 fully saturated rings. The summed E-state index contributed by atoms with van der Waals surface area (Å²) in [6, 6.07) is 18.4. The van der Waals surface area contributed by atoms with E-state index in [1.54, 1.807) is 12.4 Å². The predicted molar refractivity (Wildman–Crippen MR) is 140 cm³/mol. The number of aromatic nitrogens is 4. The number of hydrogen-bond acceptors (Lipinski definition) is 5. The molecule has 6 rings (SSSR count). The van der Waals surface area contributed by atoms with Crippen LogP contribution in [0.15, 0.2) is 67.1 Å². The van der Waals surface area contributed by atoms with Crippen LogP contribution in [0.1, 0.15) is 32.3 Å². The first-order valence-electron chi connectivity index (χ1n) is 12.0. The summed E-state index contributed by atoms with van der Waals surface area (Å²) in [5.74, 6) is 0.200. The Balaban J connectivity index is 1.40. The number of pyridine rings is 2. The highest BCUT2D eigenvalue weighted by Gasteiger charge is 2.29. The summed E-state index contributed by atoms with van der Waals surface area (Å²) in [4.78, 5) is 21.5. The molecule has 1 amide bonds. The maximum atomic E-state index is 12.2. The molecule has 1 aliphatic rings. The fraction of sp³-hybridized carbons (Fsp3) is 0.207. The molecule has 3 aromatic heterocycles. The van der Waals surface area contributed by atoms with Gasteiger partial charge in [0.2, 0.25) is 5.91 Å². The first kappa shape index (κ1) is 21.9. The van der Waals surface area contributed by atoms with Crippen LogP contribution in [-0.2, 0) is 10.2 Å². The van der Waals surface area contributed by atoms with Crippen LogP contribution < -0.4 is 5.32 Å². The summed E-state index contributed by atoms with van der Waals surface area (Å²) < 4.78 is 0. The van der Waals surface area contributed by atoms with Crippen LogP contribution in [0.2, 0.25) is 0 Å². The molecule has 7 nitrogen and oxygen atoms in total. The summed E-state index contributed by atoms with van der Waals surface area (Å²) in [5, 5.41) is 21.8. The van der Waals surface area contributed by atoms with Gasteiger partial charge in [0.15, 0.2) is 0 Å². The number of fused-ring (bicyclic) bond motifs is 3. The molecule has 2 aromatic carbocycles. The summed E-state index contributed by atoms with van der Waals surface area (Å²) in [5.41, 5.74) is 6.50. The monoisotopic (exact) mass is 472 g/mol. The van der Waals surface area contributed by atoms with Gasteiger partial charge in [0.25, 0.3) is 0 Å². The van der Waals surface area contributed by atoms with Crippen molar-refractivity contribution in [3.63, 3.8) is 0 Å². The average Bonchev–Trinajstić information content (AvgIpc) is 3.64. The minimum absolute atomic E-state index is 0.0634. The Morgan fingerprint density at radius 1 is 1.00 bits per heavy atom. The number of nitriles is 1. The van der Waals surface area contributed by atoms with Crippen molar-refractivity contribution in [2.45, 2.75) is 32.1 Å². The van der Waals surface area contributed by atoms with Crippen LogP contribution in [0, 0.1) is 17.2 Å². The smallest absolute Gasteiger partial charge is 0.227 e. The van der Waals surface area contributed by atoms with Crippen molar-refractivity contribution >= 4 is 33.4 Å². The van der Waals surface area contributed by atoms with E-state index in [-0.39, 0.29) is 11.8 Å². The summed E-state index contributed by atoms with van der Waals surface area (Å²) in [7, 11) is 0. The van der Waals surface area contributed by atoms with Gasteiger partial charge in [-0.2, -0.15) is 10.4 Å². The van der Waals surface area contributed by atoms with Crippen molar-refractivity contribution in [1.29, 1.82) is 5.26 Å². The van der Waals surface area contributed by atoms with E-state index in [1.807, 2.05) is 62.5 Å². The lowest BCUT2D eigenvalue weighted by atomic mass is 9.86. The molecule has 0 saturated heterocycles. The number of H-pyrrole nitrogens is 1. The van der Waals surface area contributed by atoms with Crippen molar-refractivity contribution in [3.8, 4) is 28.5 Å². The lowest BCUT2D eigenvalue weighted by Gasteiger charge is -2.16. The number of nitrogens with one attached hydrogen (secondary N) is 2. The summed E-state index contributed by atoms with van der Waals surface area (Å²) in [6.45, 7) is 3.82. The fourth-order valence-corrected chi connectivity index (χ4v) is 4.45. The Morgan fingerprint density at radius 2 is 1.78 bits per heavy atom. The van der Waals surface area contributed by atoms with E-state index >= 15 is 0 Å². The molecule has 5 aromatic rings.